The Hall–Kier alpha value is -1.64. The predicted octanol–water partition coefficient (Wildman–Crippen LogP) is 4.70. The van der Waals surface area contributed by atoms with Crippen molar-refractivity contribution in [2.75, 3.05) is 26.7 Å². The first kappa shape index (κ1) is 17.2. The summed E-state index contributed by atoms with van der Waals surface area (Å²) in [4.78, 5) is 2.47. The number of benzene rings is 2. The van der Waals surface area contributed by atoms with Gasteiger partial charge in [-0.25, -0.2) is 0 Å². The minimum absolute atomic E-state index is 0.366. The van der Waals surface area contributed by atoms with Crippen molar-refractivity contribution in [2.24, 2.45) is 5.92 Å². The third-order valence-electron chi connectivity index (χ3n) is 4.98. The molecule has 128 valence electrons. The van der Waals surface area contributed by atoms with Crippen molar-refractivity contribution in [1.82, 2.24) is 4.90 Å². The highest BCUT2D eigenvalue weighted by Gasteiger charge is 2.35. The zero-order valence-electron chi connectivity index (χ0n) is 14.9. The minimum atomic E-state index is -0.366. The van der Waals surface area contributed by atoms with Gasteiger partial charge in [-0.1, -0.05) is 60.7 Å². The molecule has 24 heavy (non-hydrogen) atoms. The molecule has 2 aromatic rings. The molecule has 0 heterocycles. The van der Waals surface area contributed by atoms with Crippen LogP contribution in [0.4, 0.5) is 0 Å². The van der Waals surface area contributed by atoms with Crippen molar-refractivity contribution in [3.05, 3.63) is 71.8 Å². The molecule has 0 amide bonds. The van der Waals surface area contributed by atoms with Gasteiger partial charge in [0.25, 0.3) is 0 Å². The lowest BCUT2D eigenvalue weighted by atomic mass is 9.83. The smallest absolute Gasteiger partial charge is 0.119 e. The second kappa shape index (κ2) is 7.96. The first-order chi connectivity index (χ1) is 11.7. The molecule has 0 N–H and O–H groups in total. The Morgan fingerprint density at radius 3 is 1.96 bits per heavy atom. The fraction of sp³-hybridized carbons (Fsp3) is 0.455. The summed E-state index contributed by atoms with van der Waals surface area (Å²) in [6.45, 7) is 5.05. The van der Waals surface area contributed by atoms with Gasteiger partial charge in [0.05, 0.1) is 0 Å². The van der Waals surface area contributed by atoms with Crippen LogP contribution in [0.5, 0.6) is 0 Å². The summed E-state index contributed by atoms with van der Waals surface area (Å²) in [5.74, 6) is 0.921. The number of hydrogen-bond donors (Lipinski definition) is 0. The highest BCUT2D eigenvalue weighted by atomic mass is 16.5. The van der Waals surface area contributed by atoms with E-state index < -0.39 is 0 Å². The molecule has 1 fully saturated rings. The van der Waals surface area contributed by atoms with E-state index in [1.165, 1.54) is 30.5 Å². The van der Waals surface area contributed by atoms with Crippen LogP contribution in [0.25, 0.3) is 0 Å². The molecule has 2 nitrogen and oxygen atoms in total. The van der Waals surface area contributed by atoms with Crippen molar-refractivity contribution in [1.29, 1.82) is 0 Å². The number of hydrogen-bond acceptors (Lipinski definition) is 2. The van der Waals surface area contributed by atoms with E-state index >= 15 is 0 Å². The lowest BCUT2D eigenvalue weighted by molar-refractivity contribution is -0.0227. The maximum Gasteiger partial charge on any atom is 0.119 e. The lowest BCUT2D eigenvalue weighted by Crippen LogP contribution is -2.36. The molecule has 2 heteroatoms. The molecule has 2 aromatic carbocycles. The standard InChI is InChI=1S/C22H29NO/c1-3-24-22(20-10-6-4-7-11-20,21-12-8-5-9-13-21)16-17-23(2)18-19-14-15-19/h4-13,19H,3,14-18H2,1-2H3. The predicted molar refractivity (Wildman–Crippen MR) is 100 cm³/mol. The van der Waals surface area contributed by atoms with E-state index in [1.54, 1.807) is 0 Å². The van der Waals surface area contributed by atoms with Gasteiger partial charge in [-0.15, -0.1) is 0 Å². The van der Waals surface area contributed by atoms with Gasteiger partial charge in [0.15, 0.2) is 0 Å². The van der Waals surface area contributed by atoms with E-state index in [-0.39, 0.29) is 5.60 Å². The lowest BCUT2D eigenvalue weighted by Gasteiger charge is -2.36. The van der Waals surface area contributed by atoms with Crippen molar-refractivity contribution >= 4 is 0 Å². The fourth-order valence-electron chi connectivity index (χ4n) is 3.54. The van der Waals surface area contributed by atoms with Gasteiger partial charge in [-0.2, -0.15) is 0 Å². The van der Waals surface area contributed by atoms with Gasteiger partial charge in [0.1, 0.15) is 5.60 Å². The molecule has 0 spiro atoms. The third kappa shape index (κ3) is 4.06. The van der Waals surface area contributed by atoms with Gasteiger partial charge in [-0.05, 0) is 50.3 Å². The molecule has 0 aliphatic heterocycles. The molecular weight excluding hydrogens is 294 g/mol. The molecule has 0 saturated heterocycles. The maximum atomic E-state index is 6.45. The van der Waals surface area contributed by atoms with E-state index in [1.807, 2.05) is 0 Å². The number of rotatable bonds is 9. The Kier molecular flexibility index (Phi) is 5.70. The summed E-state index contributed by atoms with van der Waals surface area (Å²) in [6.07, 6.45) is 3.77. The van der Waals surface area contributed by atoms with Crippen LogP contribution in [0.15, 0.2) is 60.7 Å². The van der Waals surface area contributed by atoms with Crippen LogP contribution in [0.2, 0.25) is 0 Å². The first-order valence-corrected chi connectivity index (χ1v) is 9.18. The zero-order chi connectivity index (χ0) is 16.8. The summed E-state index contributed by atoms with van der Waals surface area (Å²) in [6, 6.07) is 21.4. The van der Waals surface area contributed by atoms with Crippen LogP contribution in [-0.2, 0) is 10.3 Å². The highest BCUT2D eigenvalue weighted by Crippen LogP contribution is 2.37. The van der Waals surface area contributed by atoms with Crippen LogP contribution in [0.3, 0.4) is 0 Å². The van der Waals surface area contributed by atoms with E-state index in [4.69, 9.17) is 4.74 Å². The maximum absolute atomic E-state index is 6.45. The Bertz CT molecular complexity index is 567. The Balaban J connectivity index is 1.88. The SMILES string of the molecule is CCOC(CCN(C)CC1CC1)(c1ccccc1)c1ccccc1. The van der Waals surface area contributed by atoms with Gasteiger partial charge >= 0.3 is 0 Å². The molecule has 0 unspecified atom stereocenters. The van der Waals surface area contributed by atoms with Gasteiger partial charge in [0.2, 0.25) is 0 Å². The summed E-state index contributed by atoms with van der Waals surface area (Å²) >= 11 is 0. The van der Waals surface area contributed by atoms with Crippen LogP contribution in [0, 0.1) is 5.92 Å². The van der Waals surface area contributed by atoms with Crippen LogP contribution in [-0.4, -0.2) is 31.6 Å². The number of nitrogens with zero attached hydrogens (tertiary/aromatic N) is 1. The summed E-state index contributed by atoms with van der Waals surface area (Å²) in [5, 5.41) is 0. The van der Waals surface area contributed by atoms with Crippen molar-refractivity contribution in [3.8, 4) is 0 Å². The second-order valence-electron chi connectivity index (χ2n) is 6.95. The Labute approximate surface area is 146 Å². The molecule has 0 radical (unpaired) electrons. The Morgan fingerprint density at radius 2 is 1.50 bits per heavy atom. The molecule has 1 aliphatic carbocycles. The summed E-state index contributed by atoms with van der Waals surface area (Å²) in [7, 11) is 2.24. The summed E-state index contributed by atoms with van der Waals surface area (Å²) < 4.78 is 6.45. The van der Waals surface area contributed by atoms with Gasteiger partial charge in [-0.3, -0.25) is 0 Å². The van der Waals surface area contributed by atoms with Crippen LogP contribution >= 0.6 is 0 Å². The third-order valence-corrected chi connectivity index (χ3v) is 4.98. The molecule has 0 aromatic heterocycles. The molecule has 0 atom stereocenters. The highest BCUT2D eigenvalue weighted by molar-refractivity contribution is 5.36. The van der Waals surface area contributed by atoms with E-state index in [9.17, 15) is 0 Å². The van der Waals surface area contributed by atoms with E-state index in [0.717, 1.165) is 18.9 Å². The van der Waals surface area contributed by atoms with Gasteiger partial charge < -0.3 is 9.64 Å². The quantitative estimate of drug-likeness (QED) is 0.663. The van der Waals surface area contributed by atoms with E-state index in [2.05, 4.69) is 79.5 Å². The molecular formula is C22H29NO. The average Bonchev–Trinajstić information content (AvgIpc) is 3.44. The van der Waals surface area contributed by atoms with Crippen molar-refractivity contribution in [2.45, 2.75) is 31.8 Å². The fourth-order valence-corrected chi connectivity index (χ4v) is 3.54. The minimum Gasteiger partial charge on any atom is -0.366 e. The van der Waals surface area contributed by atoms with Crippen LogP contribution < -0.4 is 0 Å². The molecule has 1 saturated carbocycles. The molecule has 0 bridgehead atoms. The second-order valence-corrected chi connectivity index (χ2v) is 6.95. The first-order valence-electron chi connectivity index (χ1n) is 9.18. The Morgan fingerprint density at radius 1 is 0.958 bits per heavy atom. The van der Waals surface area contributed by atoms with E-state index in [0.29, 0.717) is 6.61 Å². The average molecular weight is 323 g/mol. The normalized spacial score (nSPS) is 15.0. The van der Waals surface area contributed by atoms with Gasteiger partial charge in [0, 0.05) is 19.7 Å². The van der Waals surface area contributed by atoms with Crippen LogP contribution in [0.1, 0.15) is 37.3 Å². The monoisotopic (exact) mass is 323 g/mol. The molecule has 1 aliphatic rings. The van der Waals surface area contributed by atoms with Crippen molar-refractivity contribution < 1.29 is 4.74 Å². The zero-order valence-corrected chi connectivity index (χ0v) is 14.9. The van der Waals surface area contributed by atoms with Crippen molar-refractivity contribution in [3.63, 3.8) is 0 Å². The largest absolute Gasteiger partial charge is 0.366 e. The molecule has 3 rings (SSSR count). The number of ether oxygens (including phenoxy) is 1. The topological polar surface area (TPSA) is 12.5 Å². The summed E-state index contributed by atoms with van der Waals surface area (Å²) in [5.41, 5.74) is 2.13.